The molecular formula is C30H34N6O3S. The molecule has 2 aliphatic carbocycles. The summed E-state index contributed by atoms with van der Waals surface area (Å²) in [6.45, 7) is 2.94. The second-order valence-corrected chi connectivity index (χ2v) is 13.7. The van der Waals surface area contributed by atoms with E-state index in [4.69, 9.17) is 5.10 Å². The zero-order chi connectivity index (χ0) is 27.9. The number of pyridine rings is 1. The summed E-state index contributed by atoms with van der Waals surface area (Å²) in [5.74, 6) is -0.00270. The summed E-state index contributed by atoms with van der Waals surface area (Å²) in [5.41, 5.74) is 4.93. The van der Waals surface area contributed by atoms with E-state index in [1.54, 1.807) is 6.20 Å². The monoisotopic (exact) mass is 558 g/mol. The molecule has 0 bridgehead atoms. The number of aromatic nitrogens is 3. The lowest BCUT2D eigenvalue weighted by molar-refractivity contribution is -0.127. The molecule has 1 aromatic carbocycles. The number of hydrogen-bond acceptors (Lipinski definition) is 7. The number of nitrogens with zero attached hydrogens (tertiary/aromatic N) is 5. The summed E-state index contributed by atoms with van der Waals surface area (Å²) in [6, 6.07) is 14.4. The molecular weight excluding hydrogens is 524 g/mol. The van der Waals surface area contributed by atoms with Crippen LogP contribution in [-0.2, 0) is 14.6 Å². The number of amides is 1. The lowest BCUT2D eigenvalue weighted by Crippen LogP contribution is -2.42. The molecule has 3 fully saturated rings. The first kappa shape index (κ1) is 26.5. The van der Waals surface area contributed by atoms with E-state index >= 15 is 0 Å². The van der Waals surface area contributed by atoms with Gasteiger partial charge in [0, 0.05) is 48.1 Å². The maximum Gasteiger partial charge on any atom is 0.225 e. The Hall–Kier alpha value is -3.71. The molecule has 3 heterocycles. The highest BCUT2D eigenvalue weighted by Crippen LogP contribution is 2.43. The van der Waals surface area contributed by atoms with Gasteiger partial charge in [0.1, 0.15) is 5.54 Å². The Bertz CT molecular complexity index is 1540. The molecule has 3 aromatic rings. The third-order valence-electron chi connectivity index (χ3n) is 8.57. The predicted molar refractivity (Wildman–Crippen MR) is 153 cm³/mol. The van der Waals surface area contributed by atoms with Crippen LogP contribution < -0.4 is 10.2 Å². The van der Waals surface area contributed by atoms with Crippen molar-refractivity contribution in [3.8, 4) is 22.9 Å². The molecule has 1 amide bonds. The van der Waals surface area contributed by atoms with Crippen LogP contribution in [0.2, 0.25) is 0 Å². The van der Waals surface area contributed by atoms with Gasteiger partial charge in [-0.3, -0.25) is 9.78 Å². The van der Waals surface area contributed by atoms with Gasteiger partial charge in [-0.25, -0.2) is 13.1 Å². The zero-order valence-corrected chi connectivity index (χ0v) is 23.5. The Morgan fingerprint density at radius 2 is 1.75 bits per heavy atom. The van der Waals surface area contributed by atoms with E-state index in [-0.39, 0.29) is 29.2 Å². The van der Waals surface area contributed by atoms with E-state index in [1.807, 2.05) is 42.1 Å². The number of benzene rings is 1. The van der Waals surface area contributed by atoms with Crippen LogP contribution in [0.3, 0.4) is 0 Å². The molecule has 1 aliphatic heterocycles. The number of carbonyl (C=O) groups is 1. The molecule has 208 valence electrons. The Morgan fingerprint density at radius 1 is 1.05 bits per heavy atom. The van der Waals surface area contributed by atoms with Gasteiger partial charge >= 0.3 is 0 Å². The van der Waals surface area contributed by atoms with E-state index in [2.05, 4.69) is 33.4 Å². The summed E-state index contributed by atoms with van der Waals surface area (Å²) >= 11 is 0. The number of nitrogens with one attached hydrogen (secondary N) is 1. The molecule has 6 rings (SSSR count). The molecule has 1 saturated heterocycles. The lowest BCUT2D eigenvalue weighted by Gasteiger charge is -2.31. The smallest absolute Gasteiger partial charge is 0.225 e. The number of carbonyl (C=O) groups excluding carboxylic acids is 1. The van der Waals surface area contributed by atoms with Crippen LogP contribution in [0.5, 0.6) is 0 Å². The zero-order valence-electron chi connectivity index (χ0n) is 22.7. The van der Waals surface area contributed by atoms with Crippen molar-refractivity contribution in [1.29, 1.82) is 5.26 Å². The van der Waals surface area contributed by atoms with Crippen LogP contribution in [0.4, 0.5) is 5.69 Å². The molecule has 2 atom stereocenters. The molecule has 0 radical (unpaired) electrons. The minimum absolute atomic E-state index is 0.0448. The average Bonchev–Trinajstić information content (AvgIpc) is 3.60. The second kappa shape index (κ2) is 10.4. The fraction of sp³-hybridized carbons (Fsp3) is 0.467. The fourth-order valence-corrected chi connectivity index (χ4v) is 7.13. The first-order valence-electron chi connectivity index (χ1n) is 14.1. The lowest BCUT2D eigenvalue weighted by atomic mass is 9.75. The number of anilines is 1. The Kier molecular flexibility index (Phi) is 6.87. The van der Waals surface area contributed by atoms with Gasteiger partial charge < -0.3 is 10.2 Å². The van der Waals surface area contributed by atoms with Gasteiger partial charge in [0.15, 0.2) is 9.84 Å². The van der Waals surface area contributed by atoms with E-state index < -0.39 is 15.4 Å². The molecule has 2 saturated carbocycles. The van der Waals surface area contributed by atoms with E-state index in [1.165, 1.54) is 0 Å². The van der Waals surface area contributed by atoms with Crippen molar-refractivity contribution in [2.24, 2.45) is 5.92 Å². The predicted octanol–water partition coefficient (Wildman–Crippen LogP) is 3.92. The quantitative estimate of drug-likeness (QED) is 0.487. The van der Waals surface area contributed by atoms with E-state index in [9.17, 15) is 18.5 Å². The van der Waals surface area contributed by atoms with Gasteiger partial charge in [0.05, 0.1) is 35.2 Å². The summed E-state index contributed by atoms with van der Waals surface area (Å²) in [7, 11) is -2.95. The standard InChI is InChI=1S/C30H34N6O3S/c1-21-6-9-24(18-32-21)36-19-27(22-7-10-23(11-8-22)35-14-16-40(38,39)17-15-35)28(34-36)25-4-2-3-5-26(25)29(37)33-30(20-31)12-13-30/h6-11,18-19,25-26H,2-5,12-17H2,1H3,(H,33,37). The maximum absolute atomic E-state index is 13.5. The van der Waals surface area contributed by atoms with Crippen LogP contribution in [0.25, 0.3) is 16.8 Å². The van der Waals surface area contributed by atoms with Crippen molar-refractivity contribution in [2.75, 3.05) is 29.5 Å². The largest absolute Gasteiger partial charge is 0.369 e. The number of rotatable bonds is 6. The molecule has 2 aromatic heterocycles. The normalized spacial score (nSPS) is 23.2. The van der Waals surface area contributed by atoms with E-state index in [0.717, 1.165) is 59.6 Å². The number of sulfone groups is 1. The van der Waals surface area contributed by atoms with Crippen molar-refractivity contribution >= 4 is 21.4 Å². The molecule has 3 aliphatic rings. The number of aryl methyl sites for hydroxylation is 1. The molecule has 2 unspecified atom stereocenters. The molecule has 1 N–H and O–H groups in total. The van der Waals surface area contributed by atoms with Gasteiger partial charge in [0.2, 0.25) is 5.91 Å². The molecule has 40 heavy (non-hydrogen) atoms. The van der Waals surface area contributed by atoms with Crippen LogP contribution in [0.15, 0.2) is 48.8 Å². The van der Waals surface area contributed by atoms with Gasteiger partial charge in [0.25, 0.3) is 0 Å². The Labute approximate surface area is 235 Å². The first-order chi connectivity index (χ1) is 19.3. The molecule has 10 heteroatoms. The van der Waals surface area contributed by atoms with Crippen LogP contribution >= 0.6 is 0 Å². The highest BCUT2D eigenvalue weighted by atomic mass is 32.2. The van der Waals surface area contributed by atoms with Crippen molar-refractivity contribution in [3.05, 3.63) is 60.2 Å². The summed E-state index contributed by atoms with van der Waals surface area (Å²) in [4.78, 5) is 20.0. The minimum Gasteiger partial charge on any atom is -0.369 e. The van der Waals surface area contributed by atoms with Crippen LogP contribution in [0.1, 0.15) is 55.8 Å². The molecule has 0 spiro atoms. The Morgan fingerprint density at radius 3 is 2.40 bits per heavy atom. The molecule has 9 nitrogen and oxygen atoms in total. The maximum atomic E-state index is 13.5. The SMILES string of the molecule is Cc1ccc(-n2cc(-c3ccc(N4CCS(=O)(=O)CC4)cc3)c(C3CCCCC3C(=O)NC3(C#N)CC3)n2)cn1. The van der Waals surface area contributed by atoms with Gasteiger partial charge in [-0.1, -0.05) is 25.0 Å². The third-order valence-corrected chi connectivity index (χ3v) is 10.2. The van der Waals surface area contributed by atoms with Crippen LogP contribution in [0, 0.1) is 24.2 Å². The topological polar surface area (TPSA) is 121 Å². The Balaban J connectivity index is 1.35. The number of hydrogen-bond donors (Lipinski definition) is 1. The van der Waals surface area contributed by atoms with Crippen LogP contribution in [-0.4, -0.2) is 59.2 Å². The van der Waals surface area contributed by atoms with Crippen molar-refractivity contribution in [2.45, 2.75) is 56.9 Å². The van der Waals surface area contributed by atoms with Crippen molar-refractivity contribution in [3.63, 3.8) is 0 Å². The number of nitriles is 1. The van der Waals surface area contributed by atoms with Crippen molar-refractivity contribution in [1.82, 2.24) is 20.1 Å². The summed E-state index contributed by atoms with van der Waals surface area (Å²) in [5, 5.41) is 17.7. The van der Waals surface area contributed by atoms with Gasteiger partial charge in [-0.15, -0.1) is 0 Å². The third kappa shape index (κ3) is 5.35. The second-order valence-electron chi connectivity index (χ2n) is 11.4. The van der Waals surface area contributed by atoms with Gasteiger partial charge in [-0.05, 0) is 62.4 Å². The average molecular weight is 559 g/mol. The summed E-state index contributed by atoms with van der Waals surface area (Å²) in [6.07, 6.45) is 8.87. The first-order valence-corrected chi connectivity index (χ1v) is 15.9. The van der Waals surface area contributed by atoms with E-state index in [0.29, 0.717) is 25.9 Å². The van der Waals surface area contributed by atoms with Crippen molar-refractivity contribution < 1.29 is 13.2 Å². The summed E-state index contributed by atoms with van der Waals surface area (Å²) < 4.78 is 25.6. The minimum atomic E-state index is -2.95. The fourth-order valence-electron chi connectivity index (χ4n) is 5.92. The highest BCUT2D eigenvalue weighted by Gasteiger charge is 2.47. The van der Waals surface area contributed by atoms with Gasteiger partial charge in [-0.2, -0.15) is 10.4 Å². The highest BCUT2D eigenvalue weighted by molar-refractivity contribution is 7.91.